The van der Waals surface area contributed by atoms with E-state index in [1.54, 1.807) is 36.4 Å². The summed E-state index contributed by atoms with van der Waals surface area (Å²) in [4.78, 5) is 0.0514. The van der Waals surface area contributed by atoms with Gasteiger partial charge in [0.1, 0.15) is 10.6 Å². The summed E-state index contributed by atoms with van der Waals surface area (Å²) < 4.78 is 32.2. The Hall–Kier alpha value is -1.72. The number of halogens is 1. The van der Waals surface area contributed by atoms with Gasteiger partial charge >= 0.3 is 0 Å². The van der Waals surface area contributed by atoms with E-state index in [0.29, 0.717) is 18.0 Å². The first-order valence-electron chi connectivity index (χ1n) is 6.03. The van der Waals surface area contributed by atoms with Crippen LogP contribution < -0.4 is 9.46 Å². The van der Waals surface area contributed by atoms with E-state index in [0.717, 1.165) is 0 Å². The highest BCUT2D eigenvalue weighted by molar-refractivity contribution is 7.92. The van der Waals surface area contributed by atoms with Gasteiger partial charge in [0.2, 0.25) is 0 Å². The Kier molecular flexibility index (Phi) is 4.52. The molecular formula is C14H14ClNO3S. The van der Waals surface area contributed by atoms with Gasteiger partial charge in [0.25, 0.3) is 10.0 Å². The van der Waals surface area contributed by atoms with Crippen LogP contribution in [0.15, 0.2) is 53.4 Å². The molecule has 2 aromatic rings. The molecule has 0 fully saturated rings. The van der Waals surface area contributed by atoms with Crippen LogP contribution in [0.3, 0.4) is 0 Å². The van der Waals surface area contributed by atoms with Gasteiger partial charge in [0, 0.05) is 5.69 Å². The predicted octanol–water partition coefficient (Wildman–Crippen LogP) is 3.54. The van der Waals surface area contributed by atoms with E-state index >= 15 is 0 Å². The number of hydrogen-bond donors (Lipinski definition) is 1. The van der Waals surface area contributed by atoms with Crippen LogP contribution in [0.25, 0.3) is 0 Å². The Balaban J connectivity index is 2.22. The number of nitrogens with one attached hydrogen (secondary N) is 1. The molecule has 0 aliphatic carbocycles. The number of ether oxygens (including phenoxy) is 1. The summed E-state index contributed by atoms with van der Waals surface area (Å²) in [6.07, 6.45) is 0. The van der Waals surface area contributed by atoms with Crippen LogP contribution in [0, 0.1) is 0 Å². The fourth-order valence-electron chi connectivity index (χ4n) is 1.66. The monoisotopic (exact) mass is 311 g/mol. The topological polar surface area (TPSA) is 55.4 Å². The maximum atomic E-state index is 12.2. The van der Waals surface area contributed by atoms with Gasteiger partial charge in [-0.15, -0.1) is 0 Å². The summed E-state index contributed by atoms with van der Waals surface area (Å²) in [6, 6.07) is 13.0. The van der Waals surface area contributed by atoms with Crippen molar-refractivity contribution in [3.05, 3.63) is 53.6 Å². The normalized spacial score (nSPS) is 11.1. The van der Waals surface area contributed by atoms with Crippen LogP contribution in [-0.4, -0.2) is 15.0 Å². The second-order valence-corrected chi connectivity index (χ2v) is 6.05. The first kappa shape index (κ1) is 14.7. The molecule has 1 N–H and O–H groups in total. The molecule has 0 saturated heterocycles. The summed E-state index contributed by atoms with van der Waals surface area (Å²) >= 11 is 5.90. The Morgan fingerprint density at radius 2 is 1.75 bits per heavy atom. The molecular weight excluding hydrogens is 298 g/mol. The zero-order valence-corrected chi connectivity index (χ0v) is 12.4. The maximum absolute atomic E-state index is 12.2. The van der Waals surface area contributed by atoms with Crippen LogP contribution in [0.2, 0.25) is 5.02 Å². The van der Waals surface area contributed by atoms with Crippen molar-refractivity contribution >= 4 is 27.3 Å². The van der Waals surface area contributed by atoms with Crippen molar-refractivity contribution in [1.29, 1.82) is 0 Å². The molecule has 0 aliphatic rings. The first-order valence-corrected chi connectivity index (χ1v) is 7.89. The number of benzene rings is 2. The minimum atomic E-state index is -3.69. The SMILES string of the molecule is CCOc1ccc(NS(=O)(=O)c2ccccc2Cl)cc1. The molecule has 6 heteroatoms. The molecule has 106 valence electrons. The summed E-state index contributed by atoms with van der Waals surface area (Å²) in [6.45, 7) is 2.44. The molecule has 0 spiro atoms. The van der Waals surface area contributed by atoms with Crippen LogP contribution in [0.1, 0.15) is 6.92 Å². The minimum Gasteiger partial charge on any atom is -0.494 e. The summed E-state index contributed by atoms with van der Waals surface area (Å²) in [5, 5.41) is 0.186. The third-order valence-electron chi connectivity index (χ3n) is 2.54. The molecule has 2 rings (SSSR count). The third-order valence-corrected chi connectivity index (χ3v) is 4.42. The van der Waals surface area contributed by atoms with E-state index in [1.807, 2.05) is 6.92 Å². The maximum Gasteiger partial charge on any atom is 0.263 e. The lowest BCUT2D eigenvalue weighted by Gasteiger charge is -2.10. The van der Waals surface area contributed by atoms with Gasteiger partial charge in [0.15, 0.2) is 0 Å². The van der Waals surface area contributed by atoms with Gasteiger partial charge in [-0.1, -0.05) is 23.7 Å². The molecule has 0 heterocycles. The zero-order valence-electron chi connectivity index (χ0n) is 10.8. The summed E-state index contributed by atoms with van der Waals surface area (Å²) in [5.41, 5.74) is 0.452. The van der Waals surface area contributed by atoms with Crippen molar-refractivity contribution in [2.45, 2.75) is 11.8 Å². The molecule has 2 aromatic carbocycles. The fourth-order valence-corrected chi connectivity index (χ4v) is 3.24. The average Bonchev–Trinajstić information content (AvgIpc) is 2.41. The van der Waals surface area contributed by atoms with Crippen molar-refractivity contribution in [1.82, 2.24) is 0 Å². The van der Waals surface area contributed by atoms with E-state index in [-0.39, 0.29) is 9.92 Å². The number of anilines is 1. The van der Waals surface area contributed by atoms with Crippen LogP contribution in [0.5, 0.6) is 5.75 Å². The lowest BCUT2D eigenvalue weighted by Crippen LogP contribution is -2.13. The molecule has 0 aromatic heterocycles. The minimum absolute atomic E-state index is 0.0514. The second-order valence-electron chi connectivity index (χ2n) is 3.99. The standard InChI is InChI=1S/C14H14ClNO3S/c1-2-19-12-9-7-11(8-10-12)16-20(17,18)14-6-4-3-5-13(14)15/h3-10,16H,2H2,1H3. The molecule has 0 radical (unpaired) electrons. The van der Waals surface area contributed by atoms with E-state index in [1.165, 1.54) is 12.1 Å². The van der Waals surface area contributed by atoms with Gasteiger partial charge in [-0.25, -0.2) is 8.42 Å². The molecule has 20 heavy (non-hydrogen) atoms. The van der Waals surface area contributed by atoms with Crippen LogP contribution >= 0.6 is 11.6 Å². The van der Waals surface area contributed by atoms with E-state index in [2.05, 4.69) is 4.72 Å². The lowest BCUT2D eigenvalue weighted by atomic mass is 10.3. The Labute approximate surface area is 123 Å². The van der Waals surface area contributed by atoms with Crippen molar-refractivity contribution < 1.29 is 13.2 Å². The molecule has 4 nitrogen and oxygen atoms in total. The van der Waals surface area contributed by atoms with E-state index in [4.69, 9.17) is 16.3 Å². The Morgan fingerprint density at radius 3 is 2.35 bits per heavy atom. The fraction of sp³-hybridized carbons (Fsp3) is 0.143. The quantitative estimate of drug-likeness (QED) is 0.919. The molecule has 0 saturated carbocycles. The van der Waals surface area contributed by atoms with Crippen LogP contribution in [0.4, 0.5) is 5.69 Å². The number of sulfonamides is 1. The van der Waals surface area contributed by atoms with Crippen molar-refractivity contribution in [3.8, 4) is 5.75 Å². The highest BCUT2D eigenvalue weighted by atomic mass is 35.5. The molecule has 0 unspecified atom stereocenters. The van der Waals surface area contributed by atoms with E-state index in [9.17, 15) is 8.42 Å². The Bertz CT molecular complexity index is 684. The third kappa shape index (κ3) is 3.43. The Morgan fingerprint density at radius 1 is 1.10 bits per heavy atom. The molecule has 0 atom stereocenters. The van der Waals surface area contributed by atoms with Gasteiger partial charge in [-0.05, 0) is 43.3 Å². The highest BCUT2D eigenvalue weighted by Crippen LogP contribution is 2.24. The predicted molar refractivity (Wildman–Crippen MR) is 79.9 cm³/mol. The van der Waals surface area contributed by atoms with E-state index < -0.39 is 10.0 Å². The number of hydrogen-bond acceptors (Lipinski definition) is 3. The number of rotatable bonds is 5. The second kappa shape index (κ2) is 6.15. The largest absolute Gasteiger partial charge is 0.494 e. The molecule has 0 aliphatic heterocycles. The lowest BCUT2D eigenvalue weighted by molar-refractivity contribution is 0.340. The smallest absolute Gasteiger partial charge is 0.263 e. The highest BCUT2D eigenvalue weighted by Gasteiger charge is 2.17. The molecule has 0 amide bonds. The van der Waals surface area contributed by atoms with Gasteiger partial charge in [-0.2, -0.15) is 0 Å². The molecule has 0 bridgehead atoms. The zero-order chi connectivity index (χ0) is 14.6. The van der Waals surface area contributed by atoms with Gasteiger partial charge in [0.05, 0.1) is 11.6 Å². The summed E-state index contributed by atoms with van der Waals surface area (Å²) in [5.74, 6) is 0.688. The van der Waals surface area contributed by atoms with Gasteiger partial charge in [-0.3, -0.25) is 4.72 Å². The average molecular weight is 312 g/mol. The van der Waals surface area contributed by atoms with Crippen molar-refractivity contribution in [2.75, 3.05) is 11.3 Å². The van der Waals surface area contributed by atoms with Gasteiger partial charge < -0.3 is 4.74 Å². The van der Waals surface area contributed by atoms with Crippen molar-refractivity contribution in [3.63, 3.8) is 0 Å². The summed E-state index contributed by atoms with van der Waals surface area (Å²) in [7, 11) is -3.69. The van der Waals surface area contributed by atoms with Crippen LogP contribution in [-0.2, 0) is 10.0 Å². The van der Waals surface area contributed by atoms with Crippen molar-refractivity contribution in [2.24, 2.45) is 0 Å². The first-order chi connectivity index (χ1) is 9.53.